The van der Waals surface area contributed by atoms with E-state index in [1.54, 1.807) is 0 Å². The summed E-state index contributed by atoms with van der Waals surface area (Å²) in [6.07, 6.45) is 7.32. The molecular formula is C11H18N2. The van der Waals surface area contributed by atoms with Crippen LogP contribution in [0.4, 0.5) is 0 Å². The smallest absolute Gasteiger partial charge is 0.0302 e. The minimum Gasteiger partial charge on any atom is -0.330 e. The molecule has 0 radical (unpaired) electrons. The van der Waals surface area contributed by atoms with Crippen molar-refractivity contribution in [3.63, 3.8) is 0 Å². The van der Waals surface area contributed by atoms with E-state index in [0.29, 0.717) is 5.92 Å². The maximum Gasteiger partial charge on any atom is 0.0302 e. The largest absolute Gasteiger partial charge is 0.330 e. The lowest BCUT2D eigenvalue weighted by Crippen LogP contribution is -2.00. The zero-order valence-electron chi connectivity index (χ0n) is 8.24. The van der Waals surface area contributed by atoms with E-state index in [-0.39, 0.29) is 0 Å². The van der Waals surface area contributed by atoms with Crippen molar-refractivity contribution < 1.29 is 0 Å². The van der Waals surface area contributed by atoms with Crippen LogP contribution in [0.2, 0.25) is 0 Å². The molecule has 1 aromatic heterocycles. The van der Waals surface area contributed by atoms with Gasteiger partial charge < -0.3 is 5.73 Å². The number of pyridine rings is 1. The van der Waals surface area contributed by atoms with E-state index >= 15 is 0 Å². The Balaban J connectivity index is 2.35. The number of rotatable bonds is 5. The van der Waals surface area contributed by atoms with Gasteiger partial charge in [-0.05, 0) is 36.9 Å². The molecule has 0 spiro atoms. The van der Waals surface area contributed by atoms with Crippen LogP contribution in [0.25, 0.3) is 0 Å². The van der Waals surface area contributed by atoms with Gasteiger partial charge in [0.05, 0.1) is 0 Å². The molecule has 1 atom stereocenters. The van der Waals surface area contributed by atoms with Crippen molar-refractivity contribution in [3.05, 3.63) is 30.1 Å². The van der Waals surface area contributed by atoms with Crippen LogP contribution in [0, 0.1) is 0 Å². The summed E-state index contributed by atoms with van der Waals surface area (Å²) in [5, 5.41) is 0. The molecule has 2 N–H and O–H groups in total. The zero-order chi connectivity index (χ0) is 9.52. The minimum atomic E-state index is 0.611. The molecule has 0 amide bonds. The number of nitrogens with two attached hydrogens (primary N) is 1. The molecule has 1 unspecified atom stereocenters. The van der Waals surface area contributed by atoms with Crippen LogP contribution < -0.4 is 5.73 Å². The summed E-state index contributed by atoms with van der Waals surface area (Å²) < 4.78 is 0. The lowest BCUT2D eigenvalue weighted by atomic mass is 9.97. The van der Waals surface area contributed by atoms with Gasteiger partial charge in [0.1, 0.15) is 0 Å². The normalized spacial score (nSPS) is 12.8. The van der Waals surface area contributed by atoms with E-state index < -0.39 is 0 Å². The molecule has 13 heavy (non-hydrogen) atoms. The summed E-state index contributed by atoms with van der Waals surface area (Å²) in [6, 6.07) is 4.13. The summed E-state index contributed by atoms with van der Waals surface area (Å²) in [4.78, 5) is 4.11. The predicted octanol–water partition coefficient (Wildman–Crippen LogP) is 2.31. The first-order valence-electron chi connectivity index (χ1n) is 4.94. The summed E-state index contributed by atoms with van der Waals surface area (Å²) in [6.45, 7) is 3.05. The molecule has 0 saturated heterocycles. The zero-order valence-corrected chi connectivity index (χ0v) is 8.24. The van der Waals surface area contributed by atoms with E-state index in [1.165, 1.54) is 18.4 Å². The lowest BCUT2D eigenvalue weighted by molar-refractivity contribution is 0.608. The van der Waals surface area contributed by atoms with Gasteiger partial charge in [0.15, 0.2) is 0 Å². The van der Waals surface area contributed by atoms with E-state index in [2.05, 4.69) is 18.0 Å². The van der Waals surface area contributed by atoms with Gasteiger partial charge >= 0.3 is 0 Å². The van der Waals surface area contributed by atoms with Crippen LogP contribution in [-0.4, -0.2) is 11.5 Å². The highest BCUT2D eigenvalue weighted by molar-refractivity contribution is 5.13. The number of unbranched alkanes of at least 4 members (excludes halogenated alkanes) is 1. The fourth-order valence-corrected chi connectivity index (χ4v) is 1.43. The molecule has 72 valence electrons. The summed E-state index contributed by atoms with van der Waals surface area (Å²) >= 11 is 0. The third kappa shape index (κ3) is 3.55. The first kappa shape index (κ1) is 10.2. The maximum atomic E-state index is 5.44. The maximum absolute atomic E-state index is 5.44. The highest BCUT2D eigenvalue weighted by atomic mass is 14.6. The van der Waals surface area contributed by atoms with Crippen LogP contribution in [0.5, 0.6) is 0 Å². The van der Waals surface area contributed by atoms with E-state index in [0.717, 1.165) is 13.0 Å². The minimum absolute atomic E-state index is 0.611. The Morgan fingerprint density at radius 1 is 1.46 bits per heavy atom. The Hall–Kier alpha value is -0.890. The Morgan fingerprint density at radius 3 is 2.92 bits per heavy atom. The SMILES string of the molecule is CC(CCCCN)c1cccnc1. The summed E-state index contributed by atoms with van der Waals surface area (Å²) in [5.41, 5.74) is 6.77. The standard InChI is InChI=1S/C11H18N2/c1-10(5-2-3-7-12)11-6-4-8-13-9-11/h4,6,8-10H,2-3,5,7,12H2,1H3. The van der Waals surface area contributed by atoms with Crippen molar-refractivity contribution in [2.45, 2.75) is 32.1 Å². The van der Waals surface area contributed by atoms with Crippen LogP contribution in [0.1, 0.15) is 37.7 Å². The number of hydrogen-bond acceptors (Lipinski definition) is 2. The van der Waals surface area contributed by atoms with Crippen molar-refractivity contribution in [3.8, 4) is 0 Å². The third-order valence-corrected chi connectivity index (χ3v) is 2.34. The molecule has 1 heterocycles. The molecule has 0 saturated carbocycles. The van der Waals surface area contributed by atoms with Gasteiger partial charge in [-0.25, -0.2) is 0 Å². The van der Waals surface area contributed by atoms with Crippen molar-refractivity contribution >= 4 is 0 Å². The Bertz CT molecular complexity index is 221. The quantitative estimate of drug-likeness (QED) is 0.703. The average Bonchev–Trinajstić information content (AvgIpc) is 2.19. The average molecular weight is 178 g/mol. The Kier molecular flexibility index (Phi) is 4.47. The number of nitrogens with zero attached hydrogens (tertiary/aromatic N) is 1. The van der Waals surface area contributed by atoms with Crippen LogP contribution in [0.3, 0.4) is 0 Å². The predicted molar refractivity (Wildman–Crippen MR) is 55.6 cm³/mol. The molecular weight excluding hydrogens is 160 g/mol. The summed E-state index contributed by atoms with van der Waals surface area (Å²) in [7, 11) is 0. The Morgan fingerprint density at radius 2 is 2.31 bits per heavy atom. The summed E-state index contributed by atoms with van der Waals surface area (Å²) in [5.74, 6) is 0.611. The fraction of sp³-hybridized carbons (Fsp3) is 0.545. The molecule has 0 aliphatic heterocycles. The highest BCUT2D eigenvalue weighted by Gasteiger charge is 2.03. The van der Waals surface area contributed by atoms with Gasteiger partial charge in [-0.3, -0.25) is 4.98 Å². The van der Waals surface area contributed by atoms with Gasteiger partial charge in [0.2, 0.25) is 0 Å². The monoisotopic (exact) mass is 178 g/mol. The van der Waals surface area contributed by atoms with E-state index in [9.17, 15) is 0 Å². The van der Waals surface area contributed by atoms with Gasteiger partial charge in [-0.15, -0.1) is 0 Å². The first-order chi connectivity index (χ1) is 6.34. The van der Waals surface area contributed by atoms with Gasteiger partial charge in [0, 0.05) is 12.4 Å². The molecule has 0 aromatic carbocycles. The molecule has 0 aliphatic carbocycles. The fourth-order valence-electron chi connectivity index (χ4n) is 1.43. The van der Waals surface area contributed by atoms with Crippen molar-refractivity contribution in [1.29, 1.82) is 0 Å². The molecule has 2 heteroatoms. The van der Waals surface area contributed by atoms with Gasteiger partial charge in [0.25, 0.3) is 0 Å². The number of hydrogen-bond donors (Lipinski definition) is 1. The van der Waals surface area contributed by atoms with Crippen LogP contribution in [-0.2, 0) is 0 Å². The lowest BCUT2D eigenvalue weighted by Gasteiger charge is -2.10. The topological polar surface area (TPSA) is 38.9 Å². The Labute approximate surface area is 80.2 Å². The van der Waals surface area contributed by atoms with Crippen molar-refractivity contribution in [1.82, 2.24) is 4.98 Å². The third-order valence-electron chi connectivity index (χ3n) is 2.34. The molecule has 2 nitrogen and oxygen atoms in total. The molecule has 0 bridgehead atoms. The molecule has 1 aromatic rings. The van der Waals surface area contributed by atoms with E-state index in [4.69, 9.17) is 5.73 Å². The van der Waals surface area contributed by atoms with Crippen molar-refractivity contribution in [2.24, 2.45) is 5.73 Å². The van der Waals surface area contributed by atoms with Crippen LogP contribution in [0.15, 0.2) is 24.5 Å². The van der Waals surface area contributed by atoms with Gasteiger partial charge in [-0.2, -0.15) is 0 Å². The first-order valence-corrected chi connectivity index (χ1v) is 4.94. The second kappa shape index (κ2) is 5.70. The molecule has 0 fully saturated rings. The molecule has 1 rings (SSSR count). The number of aromatic nitrogens is 1. The highest BCUT2D eigenvalue weighted by Crippen LogP contribution is 2.19. The second-order valence-corrected chi connectivity index (χ2v) is 3.47. The van der Waals surface area contributed by atoms with Gasteiger partial charge in [-0.1, -0.05) is 19.4 Å². The molecule has 0 aliphatic rings. The van der Waals surface area contributed by atoms with E-state index in [1.807, 2.05) is 18.5 Å². The van der Waals surface area contributed by atoms with Crippen molar-refractivity contribution in [2.75, 3.05) is 6.54 Å². The van der Waals surface area contributed by atoms with Crippen LogP contribution >= 0.6 is 0 Å². The second-order valence-electron chi connectivity index (χ2n) is 3.47.